The van der Waals surface area contributed by atoms with Gasteiger partial charge in [-0.2, -0.15) is 0 Å². The molecule has 0 aliphatic heterocycles. The summed E-state index contributed by atoms with van der Waals surface area (Å²) < 4.78 is 0. The lowest BCUT2D eigenvalue weighted by molar-refractivity contribution is 0.590. The van der Waals surface area contributed by atoms with Gasteiger partial charge in [0.15, 0.2) is 0 Å². The lowest BCUT2D eigenvalue weighted by Crippen LogP contribution is -2.14. The van der Waals surface area contributed by atoms with Gasteiger partial charge >= 0.3 is 0 Å². The van der Waals surface area contributed by atoms with Crippen molar-refractivity contribution < 1.29 is 0 Å². The molecule has 10 aromatic rings. The molecule has 11 rings (SSSR count). The highest BCUT2D eigenvalue weighted by molar-refractivity contribution is 6.22. The Hall–Kier alpha value is -7.48. The highest BCUT2D eigenvalue weighted by atomic mass is 15.1. The van der Waals surface area contributed by atoms with Crippen molar-refractivity contribution in [2.24, 2.45) is 0 Å². The standard InChI is InChI=1S/C64H53N/c1-63(2,3)44-30-36-47(37-31-44)65(48-38-32-45(33-39-48)64(4,5)6)46-34-27-42(28-35-46)61-56-23-13-15-25-58(56)62(59-26-16-14-24-57(59)61)43-29-40-55-53-21-10-9-19-51(53)49-17-7-8-18-50(49)52-20-11-12-22-54(52)60(55)41-43/h7-41H,1-6H3. The molecule has 0 bridgehead atoms. The van der Waals surface area contributed by atoms with Crippen LogP contribution in [0.4, 0.5) is 17.1 Å². The molecule has 1 aliphatic carbocycles. The van der Waals surface area contributed by atoms with E-state index in [-0.39, 0.29) is 10.8 Å². The Morgan fingerprint density at radius 2 is 0.538 bits per heavy atom. The Kier molecular flexibility index (Phi) is 9.70. The maximum absolute atomic E-state index is 2.46. The summed E-state index contributed by atoms with van der Waals surface area (Å²) in [6.07, 6.45) is 0. The third kappa shape index (κ3) is 7.04. The number of hydrogen-bond donors (Lipinski definition) is 0. The van der Waals surface area contributed by atoms with Crippen LogP contribution >= 0.6 is 0 Å². The molecule has 0 aromatic heterocycles. The Balaban J connectivity index is 1.07. The fourth-order valence-electron chi connectivity index (χ4n) is 10.2. The van der Waals surface area contributed by atoms with Gasteiger partial charge in [0.2, 0.25) is 0 Å². The van der Waals surface area contributed by atoms with Crippen LogP contribution in [0, 0.1) is 0 Å². The van der Waals surface area contributed by atoms with E-state index in [9.17, 15) is 0 Å². The van der Waals surface area contributed by atoms with Gasteiger partial charge in [0, 0.05) is 17.1 Å². The summed E-state index contributed by atoms with van der Waals surface area (Å²) in [7, 11) is 0. The van der Waals surface area contributed by atoms with Crippen molar-refractivity contribution in [3.8, 4) is 66.8 Å². The van der Waals surface area contributed by atoms with Crippen LogP contribution in [0.1, 0.15) is 52.7 Å². The Morgan fingerprint density at radius 1 is 0.262 bits per heavy atom. The minimum atomic E-state index is 0.0732. The summed E-state index contributed by atoms with van der Waals surface area (Å²) in [6.45, 7) is 13.6. The average Bonchev–Trinajstić information content (AvgIpc) is 3.33. The van der Waals surface area contributed by atoms with Crippen molar-refractivity contribution in [3.63, 3.8) is 0 Å². The fourth-order valence-corrected chi connectivity index (χ4v) is 10.2. The monoisotopic (exact) mass is 835 g/mol. The van der Waals surface area contributed by atoms with E-state index >= 15 is 0 Å². The van der Waals surface area contributed by atoms with Crippen molar-refractivity contribution >= 4 is 38.6 Å². The molecule has 0 fully saturated rings. The van der Waals surface area contributed by atoms with Crippen molar-refractivity contribution in [1.82, 2.24) is 0 Å². The molecule has 1 nitrogen and oxygen atoms in total. The average molecular weight is 836 g/mol. The van der Waals surface area contributed by atoms with Crippen molar-refractivity contribution in [2.45, 2.75) is 52.4 Å². The van der Waals surface area contributed by atoms with Gasteiger partial charge in [-0.3, -0.25) is 0 Å². The second kappa shape index (κ2) is 15.6. The van der Waals surface area contributed by atoms with Crippen LogP contribution < -0.4 is 4.90 Å². The van der Waals surface area contributed by atoms with E-state index in [4.69, 9.17) is 0 Å². The van der Waals surface area contributed by atoms with Gasteiger partial charge in [-0.1, -0.05) is 211 Å². The summed E-state index contributed by atoms with van der Waals surface area (Å²) in [5.74, 6) is 0. The molecule has 0 saturated heterocycles. The second-order valence-corrected chi connectivity index (χ2v) is 19.7. The van der Waals surface area contributed by atoms with Crippen molar-refractivity contribution in [1.29, 1.82) is 0 Å². The Morgan fingerprint density at radius 3 is 0.892 bits per heavy atom. The normalized spacial score (nSPS) is 12.2. The molecule has 0 radical (unpaired) electrons. The maximum atomic E-state index is 2.46. The zero-order valence-corrected chi connectivity index (χ0v) is 38.2. The van der Waals surface area contributed by atoms with Crippen LogP contribution in [0.2, 0.25) is 0 Å². The first-order valence-corrected chi connectivity index (χ1v) is 23.0. The molecule has 1 heteroatoms. The molecule has 0 atom stereocenters. The molecule has 1 aliphatic rings. The van der Waals surface area contributed by atoms with Gasteiger partial charge in [-0.15, -0.1) is 0 Å². The molecule has 0 heterocycles. The van der Waals surface area contributed by atoms with E-state index < -0.39 is 0 Å². The molecule has 10 aromatic carbocycles. The number of fused-ring (bicyclic) bond motifs is 10. The lowest BCUT2D eigenvalue weighted by atomic mass is 9.79. The molecule has 0 saturated carbocycles. The van der Waals surface area contributed by atoms with Gasteiger partial charge < -0.3 is 4.90 Å². The summed E-state index contributed by atoms with van der Waals surface area (Å²) in [5, 5.41) is 4.98. The van der Waals surface area contributed by atoms with Gasteiger partial charge in [0.25, 0.3) is 0 Å². The van der Waals surface area contributed by atoms with Crippen LogP contribution in [-0.4, -0.2) is 0 Å². The summed E-state index contributed by atoms with van der Waals surface area (Å²) in [4.78, 5) is 2.39. The van der Waals surface area contributed by atoms with E-state index in [0.717, 1.165) is 17.1 Å². The molecule has 0 unspecified atom stereocenters. The van der Waals surface area contributed by atoms with Gasteiger partial charge in [-0.05, 0) is 153 Å². The predicted octanol–water partition coefficient (Wildman–Crippen LogP) is 18.4. The minimum Gasteiger partial charge on any atom is -0.311 e. The second-order valence-electron chi connectivity index (χ2n) is 19.7. The Bertz CT molecular complexity index is 3290. The number of benzene rings is 10. The SMILES string of the molecule is CC(C)(C)c1ccc(N(c2ccc(-c3c4ccccc4c(-c4ccc5c(c4)-c4ccccc4-c4ccccc4-c4ccccc4-5)c4ccccc34)cc2)c2ccc(C(C)(C)C)cc2)cc1. The van der Waals surface area contributed by atoms with E-state index in [1.807, 2.05) is 0 Å². The van der Waals surface area contributed by atoms with E-state index in [1.54, 1.807) is 0 Å². The molecule has 0 spiro atoms. The zero-order valence-electron chi connectivity index (χ0n) is 38.2. The lowest BCUT2D eigenvalue weighted by Gasteiger charge is -2.28. The zero-order chi connectivity index (χ0) is 44.5. The summed E-state index contributed by atoms with van der Waals surface area (Å²) in [6, 6.07) is 79.3. The summed E-state index contributed by atoms with van der Waals surface area (Å²) in [5.41, 5.74) is 21.2. The number of nitrogens with zero attached hydrogens (tertiary/aromatic N) is 1. The predicted molar refractivity (Wildman–Crippen MR) is 280 cm³/mol. The van der Waals surface area contributed by atoms with Crippen LogP contribution in [0.15, 0.2) is 212 Å². The molecular formula is C64H53N. The maximum Gasteiger partial charge on any atom is 0.0462 e. The fraction of sp³-hybridized carbons (Fsp3) is 0.125. The quantitative estimate of drug-likeness (QED) is 0.156. The topological polar surface area (TPSA) is 3.24 Å². The van der Waals surface area contributed by atoms with Crippen LogP contribution in [0.3, 0.4) is 0 Å². The minimum absolute atomic E-state index is 0.0732. The third-order valence-electron chi connectivity index (χ3n) is 13.6. The van der Waals surface area contributed by atoms with Crippen molar-refractivity contribution in [2.75, 3.05) is 4.90 Å². The van der Waals surface area contributed by atoms with Gasteiger partial charge in [-0.25, -0.2) is 0 Å². The first kappa shape index (κ1) is 40.3. The molecule has 314 valence electrons. The van der Waals surface area contributed by atoms with Gasteiger partial charge in [0.1, 0.15) is 0 Å². The largest absolute Gasteiger partial charge is 0.311 e. The van der Waals surface area contributed by atoms with E-state index in [2.05, 4.69) is 259 Å². The first-order chi connectivity index (χ1) is 31.5. The van der Waals surface area contributed by atoms with Crippen LogP contribution in [-0.2, 0) is 10.8 Å². The van der Waals surface area contributed by atoms with Crippen LogP contribution in [0.5, 0.6) is 0 Å². The van der Waals surface area contributed by atoms with Crippen LogP contribution in [0.25, 0.3) is 88.3 Å². The number of rotatable bonds is 5. The summed E-state index contributed by atoms with van der Waals surface area (Å²) >= 11 is 0. The smallest absolute Gasteiger partial charge is 0.0462 e. The van der Waals surface area contributed by atoms with Gasteiger partial charge in [0.05, 0.1) is 0 Å². The van der Waals surface area contributed by atoms with E-state index in [1.165, 1.54) is 99.4 Å². The number of anilines is 3. The van der Waals surface area contributed by atoms with E-state index in [0.29, 0.717) is 0 Å². The van der Waals surface area contributed by atoms with Crippen molar-refractivity contribution in [3.05, 3.63) is 223 Å². The third-order valence-corrected chi connectivity index (χ3v) is 13.6. The molecule has 0 amide bonds. The highest BCUT2D eigenvalue weighted by Crippen LogP contribution is 2.51. The molecule has 65 heavy (non-hydrogen) atoms. The Labute approximate surface area is 384 Å². The highest BCUT2D eigenvalue weighted by Gasteiger charge is 2.24. The number of hydrogen-bond acceptors (Lipinski definition) is 1. The molecule has 0 N–H and O–H groups in total. The molecular weight excluding hydrogens is 783 g/mol. The first-order valence-electron chi connectivity index (χ1n) is 23.0.